The van der Waals surface area contributed by atoms with E-state index in [0.29, 0.717) is 12.3 Å². The van der Waals surface area contributed by atoms with Gasteiger partial charge in [0.25, 0.3) is 0 Å². The Balaban J connectivity index is 2.69. The zero-order valence-electron chi connectivity index (χ0n) is 14.4. The summed E-state index contributed by atoms with van der Waals surface area (Å²) < 4.78 is 0. The van der Waals surface area contributed by atoms with Crippen LogP contribution in [0, 0.1) is 5.92 Å². The number of carbonyl (C=O) groups is 2. The van der Waals surface area contributed by atoms with Crippen molar-refractivity contribution in [1.82, 2.24) is 10.6 Å². The van der Waals surface area contributed by atoms with E-state index in [-0.39, 0.29) is 11.8 Å². The minimum Gasteiger partial charge on any atom is -0.465 e. The molecule has 0 spiro atoms. The lowest BCUT2D eigenvalue weighted by atomic mass is 9.96. The second-order valence-corrected chi connectivity index (χ2v) is 6.36. The van der Waals surface area contributed by atoms with Gasteiger partial charge >= 0.3 is 6.09 Å². The summed E-state index contributed by atoms with van der Waals surface area (Å²) in [6.07, 6.45) is 0.686. The molecule has 0 radical (unpaired) electrons. The smallest absolute Gasteiger partial charge is 0.406 e. The van der Waals surface area contributed by atoms with Gasteiger partial charge in [-0.25, -0.2) is 4.79 Å². The molecule has 128 valence electrons. The Hall–Kier alpha value is -2.04. The van der Waals surface area contributed by atoms with Crippen LogP contribution in [0.4, 0.5) is 4.79 Å². The number of carbonyl (C=O) groups excluding carboxylic acids is 1. The number of rotatable bonds is 8. The van der Waals surface area contributed by atoms with E-state index in [1.807, 2.05) is 26.0 Å². The average Bonchev–Trinajstić information content (AvgIpc) is 2.46. The molecule has 0 aliphatic heterocycles. The van der Waals surface area contributed by atoms with Crippen LogP contribution in [0.3, 0.4) is 0 Å². The lowest BCUT2D eigenvalue weighted by molar-refractivity contribution is -0.123. The van der Waals surface area contributed by atoms with Crippen LogP contribution < -0.4 is 10.6 Å². The summed E-state index contributed by atoms with van der Waals surface area (Å²) >= 11 is 0. The topological polar surface area (TPSA) is 78.4 Å². The van der Waals surface area contributed by atoms with Gasteiger partial charge in [0.15, 0.2) is 0 Å². The van der Waals surface area contributed by atoms with Crippen LogP contribution in [0.25, 0.3) is 0 Å². The summed E-state index contributed by atoms with van der Waals surface area (Å²) in [7, 11) is 0. The second-order valence-electron chi connectivity index (χ2n) is 6.36. The Morgan fingerprint density at radius 3 is 2.17 bits per heavy atom. The van der Waals surface area contributed by atoms with Gasteiger partial charge < -0.3 is 15.7 Å². The van der Waals surface area contributed by atoms with Gasteiger partial charge in [-0.2, -0.15) is 0 Å². The van der Waals surface area contributed by atoms with E-state index in [1.165, 1.54) is 5.56 Å². The largest absolute Gasteiger partial charge is 0.465 e. The van der Waals surface area contributed by atoms with Gasteiger partial charge in [0.05, 0.1) is 5.92 Å². The van der Waals surface area contributed by atoms with E-state index >= 15 is 0 Å². The van der Waals surface area contributed by atoms with E-state index < -0.39 is 12.3 Å². The Morgan fingerprint density at radius 2 is 1.70 bits per heavy atom. The molecule has 0 aliphatic rings. The third kappa shape index (κ3) is 6.72. The third-order valence-corrected chi connectivity index (χ3v) is 3.71. The number of amides is 2. The summed E-state index contributed by atoms with van der Waals surface area (Å²) in [5, 5.41) is 13.9. The highest BCUT2D eigenvalue weighted by Gasteiger charge is 2.19. The summed E-state index contributed by atoms with van der Waals surface area (Å²) in [5.74, 6) is 0.102. The van der Waals surface area contributed by atoms with E-state index in [0.717, 1.165) is 18.4 Å². The number of hydrogen-bond donors (Lipinski definition) is 3. The fourth-order valence-electron chi connectivity index (χ4n) is 2.48. The zero-order chi connectivity index (χ0) is 17.4. The van der Waals surface area contributed by atoms with E-state index in [1.54, 1.807) is 0 Å². The molecular formula is C18H28N2O3. The summed E-state index contributed by atoms with van der Waals surface area (Å²) in [6, 6.07) is 8.05. The predicted molar refractivity (Wildman–Crippen MR) is 91.4 cm³/mol. The molecule has 0 aromatic heterocycles. The highest BCUT2D eigenvalue weighted by Crippen LogP contribution is 2.18. The maximum Gasteiger partial charge on any atom is 0.406 e. The van der Waals surface area contributed by atoms with E-state index in [9.17, 15) is 9.59 Å². The van der Waals surface area contributed by atoms with Crippen molar-refractivity contribution >= 4 is 12.0 Å². The van der Waals surface area contributed by atoms with Crippen molar-refractivity contribution in [2.75, 3.05) is 0 Å². The van der Waals surface area contributed by atoms with Crippen LogP contribution in [0.1, 0.15) is 57.6 Å². The molecule has 2 amide bonds. The fraction of sp³-hybridized carbons (Fsp3) is 0.556. The maximum atomic E-state index is 12.3. The third-order valence-electron chi connectivity index (χ3n) is 3.71. The van der Waals surface area contributed by atoms with E-state index in [4.69, 9.17) is 5.11 Å². The molecule has 2 atom stereocenters. The van der Waals surface area contributed by atoms with Crippen molar-refractivity contribution in [3.05, 3.63) is 35.4 Å². The Labute approximate surface area is 138 Å². The molecule has 0 heterocycles. The predicted octanol–water partition coefficient (Wildman–Crippen LogP) is 3.50. The minimum atomic E-state index is -1.13. The first-order chi connectivity index (χ1) is 10.8. The fourth-order valence-corrected chi connectivity index (χ4v) is 2.48. The molecule has 5 nitrogen and oxygen atoms in total. The van der Waals surface area contributed by atoms with Gasteiger partial charge in [-0.3, -0.25) is 4.79 Å². The Bertz CT molecular complexity index is 512. The van der Waals surface area contributed by atoms with Crippen molar-refractivity contribution in [3.8, 4) is 0 Å². The minimum absolute atomic E-state index is 0.172. The first-order valence-corrected chi connectivity index (χ1v) is 8.22. The van der Waals surface area contributed by atoms with Crippen molar-refractivity contribution < 1.29 is 14.7 Å². The molecule has 1 aromatic carbocycles. The van der Waals surface area contributed by atoms with Gasteiger partial charge in [-0.1, -0.05) is 51.5 Å². The van der Waals surface area contributed by atoms with Crippen LogP contribution in [0.2, 0.25) is 0 Å². The zero-order valence-corrected chi connectivity index (χ0v) is 14.4. The molecule has 1 aromatic rings. The van der Waals surface area contributed by atoms with Crippen LogP contribution in [0.15, 0.2) is 24.3 Å². The highest BCUT2D eigenvalue weighted by atomic mass is 16.4. The second kappa shape index (κ2) is 9.18. The summed E-state index contributed by atoms with van der Waals surface area (Å²) in [5.41, 5.74) is 2.19. The lowest BCUT2D eigenvalue weighted by Crippen LogP contribution is -2.48. The molecule has 0 saturated heterocycles. The summed E-state index contributed by atoms with van der Waals surface area (Å²) in [6.45, 7) is 8.12. The van der Waals surface area contributed by atoms with Gasteiger partial charge in [0.2, 0.25) is 5.91 Å². The SMILES string of the molecule is CCCC(NC(=O)O)NC(=O)C(C)c1ccc(CC(C)C)cc1. The number of benzene rings is 1. The molecule has 23 heavy (non-hydrogen) atoms. The van der Waals surface area contributed by atoms with Crippen molar-refractivity contribution in [2.45, 2.75) is 59.0 Å². The first kappa shape index (κ1) is 19.0. The van der Waals surface area contributed by atoms with Gasteiger partial charge in [0.1, 0.15) is 6.17 Å². The van der Waals surface area contributed by atoms with Gasteiger partial charge in [0, 0.05) is 0 Å². The van der Waals surface area contributed by atoms with Crippen molar-refractivity contribution in [3.63, 3.8) is 0 Å². The molecule has 0 aliphatic carbocycles. The standard InChI is InChI=1S/C18H28N2O3/c1-5-6-16(20-18(22)23)19-17(21)13(4)15-9-7-14(8-10-15)11-12(2)3/h7-10,12-13,16,20H,5-6,11H2,1-4H3,(H,19,21)(H,22,23). The molecule has 1 rings (SSSR count). The summed E-state index contributed by atoms with van der Waals surface area (Å²) in [4.78, 5) is 23.1. The van der Waals surface area contributed by atoms with Crippen molar-refractivity contribution in [1.29, 1.82) is 0 Å². The molecule has 0 bridgehead atoms. The van der Waals surface area contributed by atoms with Gasteiger partial charge in [-0.15, -0.1) is 0 Å². The normalized spacial score (nSPS) is 13.4. The van der Waals surface area contributed by atoms with Crippen LogP contribution in [0.5, 0.6) is 0 Å². The molecular weight excluding hydrogens is 292 g/mol. The molecule has 2 unspecified atom stereocenters. The molecule has 5 heteroatoms. The maximum absolute atomic E-state index is 12.3. The molecule has 0 saturated carbocycles. The highest BCUT2D eigenvalue weighted by molar-refractivity contribution is 5.83. The average molecular weight is 320 g/mol. The monoisotopic (exact) mass is 320 g/mol. The lowest BCUT2D eigenvalue weighted by Gasteiger charge is -2.21. The number of carboxylic acid groups (broad SMARTS) is 1. The van der Waals surface area contributed by atoms with Crippen LogP contribution >= 0.6 is 0 Å². The Morgan fingerprint density at radius 1 is 1.09 bits per heavy atom. The number of nitrogens with one attached hydrogen (secondary N) is 2. The number of hydrogen-bond acceptors (Lipinski definition) is 2. The Kier molecular flexibility index (Phi) is 7.59. The molecule has 3 N–H and O–H groups in total. The van der Waals surface area contributed by atoms with Crippen molar-refractivity contribution in [2.24, 2.45) is 5.92 Å². The van der Waals surface area contributed by atoms with E-state index in [2.05, 4.69) is 36.6 Å². The van der Waals surface area contributed by atoms with Crippen LogP contribution in [-0.2, 0) is 11.2 Å². The quantitative estimate of drug-likeness (QED) is 0.641. The van der Waals surface area contributed by atoms with Crippen LogP contribution in [-0.4, -0.2) is 23.3 Å². The molecule has 0 fully saturated rings. The first-order valence-electron chi connectivity index (χ1n) is 8.22. The van der Waals surface area contributed by atoms with Gasteiger partial charge in [-0.05, 0) is 36.8 Å².